The van der Waals surface area contributed by atoms with Crippen LogP contribution < -0.4 is 5.32 Å². The first kappa shape index (κ1) is 14.7. The van der Waals surface area contributed by atoms with E-state index in [9.17, 15) is 0 Å². The van der Waals surface area contributed by atoms with Crippen molar-refractivity contribution in [2.24, 2.45) is 5.92 Å². The summed E-state index contributed by atoms with van der Waals surface area (Å²) in [5.74, 6) is 0.705. The summed E-state index contributed by atoms with van der Waals surface area (Å²) in [6, 6.07) is 10.9. The van der Waals surface area contributed by atoms with Gasteiger partial charge in [-0.2, -0.15) is 0 Å². The molecule has 0 aliphatic carbocycles. The van der Waals surface area contributed by atoms with Crippen LogP contribution in [0.25, 0.3) is 11.3 Å². The number of benzene rings is 1. The largest absolute Gasteiger partial charge is 0.381 e. The Morgan fingerprint density at radius 2 is 2.24 bits per heavy atom. The van der Waals surface area contributed by atoms with Crippen molar-refractivity contribution in [3.05, 3.63) is 40.7 Å². The van der Waals surface area contributed by atoms with Gasteiger partial charge in [-0.15, -0.1) is 11.3 Å². The zero-order valence-corrected chi connectivity index (χ0v) is 13.2. The molecule has 2 atom stereocenters. The SMILES string of the molecule is CNC(Cc1nc(-c2ccccc2)cs1)CC1CCOC1. The number of ether oxygens (including phenoxy) is 1. The highest BCUT2D eigenvalue weighted by atomic mass is 32.1. The third-order valence-electron chi connectivity index (χ3n) is 4.09. The van der Waals surface area contributed by atoms with Gasteiger partial charge in [0.2, 0.25) is 0 Å². The fourth-order valence-electron chi connectivity index (χ4n) is 2.83. The Morgan fingerprint density at radius 3 is 2.95 bits per heavy atom. The molecule has 0 saturated carbocycles. The molecule has 0 spiro atoms. The third-order valence-corrected chi connectivity index (χ3v) is 4.96. The predicted molar refractivity (Wildman–Crippen MR) is 87.6 cm³/mol. The van der Waals surface area contributed by atoms with Crippen LogP contribution in [-0.2, 0) is 11.2 Å². The van der Waals surface area contributed by atoms with E-state index in [1.165, 1.54) is 23.4 Å². The van der Waals surface area contributed by atoms with E-state index in [4.69, 9.17) is 9.72 Å². The molecule has 3 rings (SSSR count). The van der Waals surface area contributed by atoms with Gasteiger partial charge >= 0.3 is 0 Å². The average molecular weight is 302 g/mol. The van der Waals surface area contributed by atoms with Crippen LogP contribution in [-0.4, -0.2) is 31.3 Å². The Hall–Kier alpha value is -1.23. The molecule has 1 aromatic heterocycles. The van der Waals surface area contributed by atoms with Crippen LogP contribution in [0.1, 0.15) is 17.8 Å². The molecule has 1 aliphatic heterocycles. The molecular formula is C17H22N2OS. The van der Waals surface area contributed by atoms with Gasteiger partial charge < -0.3 is 10.1 Å². The monoisotopic (exact) mass is 302 g/mol. The van der Waals surface area contributed by atoms with Gasteiger partial charge in [-0.1, -0.05) is 30.3 Å². The molecule has 112 valence electrons. The fraction of sp³-hybridized carbons (Fsp3) is 0.471. The zero-order valence-electron chi connectivity index (χ0n) is 12.4. The third kappa shape index (κ3) is 3.90. The predicted octanol–water partition coefficient (Wildman–Crippen LogP) is 3.37. The maximum Gasteiger partial charge on any atom is 0.0948 e. The zero-order chi connectivity index (χ0) is 14.5. The van der Waals surface area contributed by atoms with Crippen molar-refractivity contribution in [2.75, 3.05) is 20.3 Å². The van der Waals surface area contributed by atoms with Crippen LogP contribution >= 0.6 is 11.3 Å². The minimum atomic E-state index is 0.492. The quantitative estimate of drug-likeness (QED) is 0.888. The summed E-state index contributed by atoms with van der Waals surface area (Å²) < 4.78 is 5.47. The first-order valence-electron chi connectivity index (χ1n) is 7.60. The van der Waals surface area contributed by atoms with Crippen LogP contribution in [0.15, 0.2) is 35.7 Å². The second-order valence-electron chi connectivity index (χ2n) is 5.65. The Labute approximate surface area is 130 Å². The highest BCUT2D eigenvalue weighted by Gasteiger charge is 2.21. The topological polar surface area (TPSA) is 34.2 Å². The van der Waals surface area contributed by atoms with Crippen molar-refractivity contribution < 1.29 is 4.74 Å². The molecule has 0 bridgehead atoms. The van der Waals surface area contributed by atoms with Gasteiger partial charge in [0.05, 0.1) is 10.7 Å². The molecule has 1 aliphatic rings. The Morgan fingerprint density at radius 1 is 1.38 bits per heavy atom. The molecule has 4 heteroatoms. The molecule has 3 nitrogen and oxygen atoms in total. The number of hydrogen-bond acceptors (Lipinski definition) is 4. The van der Waals surface area contributed by atoms with Crippen LogP contribution in [0.3, 0.4) is 0 Å². The van der Waals surface area contributed by atoms with E-state index in [1.807, 2.05) is 13.1 Å². The highest BCUT2D eigenvalue weighted by Crippen LogP contribution is 2.24. The number of hydrogen-bond donors (Lipinski definition) is 1. The van der Waals surface area contributed by atoms with Crippen molar-refractivity contribution in [3.63, 3.8) is 0 Å². The molecule has 1 aromatic carbocycles. The van der Waals surface area contributed by atoms with Gasteiger partial charge in [0.15, 0.2) is 0 Å². The summed E-state index contributed by atoms with van der Waals surface area (Å²) in [5, 5.41) is 6.82. The molecule has 1 saturated heterocycles. The van der Waals surface area contributed by atoms with Gasteiger partial charge in [-0.25, -0.2) is 4.98 Å². The van der Waals surface area contributed by atoms with Crippen molar-refractivity contribution >= 4 is 11.3 Å². The molecule has 21 heavy (non-hydrogen) atoms. The minimum Gasteiger partial charge on any atom is -0.381 e. The Kier molecular flexibility index (Phi) is 5.01. The van der Waals surface area contributed by atoms with E-state index in [1.54, 1.807) is 11.3 Å². The van der Waals surface area contributed by atoms with Crippen molar-refractivity contribution in [1.82, 2.24) is 10.3 Å². The van der Waals surface area contributed by atoms with Crippen molar-refractivity contribution in [2.45, 2.75) is 25.3 Å². The molecular weight excluding hydrogens is 280 g/mol. The number of rotatable bonds is 6. The van der Waals surface area contributed by atoms with E-state index in [-0.39, 0.29) is 0 Å². The molecule has 2 aromatic rings. The maximum absolute atomic E-state index is 5.47. The lowest BCUT2D eigenvalue weighted by Gasteiger charge is -2.18. The molecule has 1 N–H and O–H groups in total. The highest BCUT2D eigenvalue weighted by molar-refractivity contribution is 7.09. The van der Waals surface area contributed by atoms with E-state index in [0.717, 1.165) is 25.3 Å². The van der Waals surface area contributed by atoms with E-state index < -0.39 is 0 Å². The maximum atomic E-state index is 5.47. The van der Waals surface area contributed by atoms with Crippen LogP contribution in [0, 0.1) is 5.92 Å². The van der Waals surface area contributed by atoms with E-state index in [2.05, 4.69) is 35.0 Å². The molecule has 2 heterocycles. The fourth-order valence-corrected chi connectivity index (χ4v) is 3.72. The first-order valence-corrected chi connectivity index (χ1v) is 8.48. The molecule has 0 amide bonds. The standard InChI is InChI=1S/C17H22N2OS/c1-18-15(9-13-7-8-20-11-13)10-17-19-16(12-21-17)14-5-3-2-4-6-14/h2-6,12-13,15,18H,7-11H2,1H3. The Bertz CT molecular complexity index is 549. The van der Waals surface area contributed by atoms with Gasteiger partial charge in [-0.3, -0.25) is 0 Å². The molecule has 2 unspecified atom stereocenters. The van der Waals surface area contributed by atoms with Gasteiger partial charge in [0, 0.05) is 36.6 Å². The smallest absolute Gasteiger partial charge is 0.0948 e. The van der Waals surface area contributed by atoms with Gasteiger partial charge in [0.1, 0.15) is 0 Å². The summed E-state index contributed by atoms with van der Waals surface area (Å²) in [5.41, 5.74) is 2.29. The number of nitrogens with one attached hydrogen (secondary N) is 1. The van der Waals surface area contributed by atoms with Crippen molar-refractivity contribution in [1.29, 1.82) is 0 Å². The van der Waals surface area contributed by atoms with Crippen LogP contribution in [0.5, 0.6) is 0 Å². The number of thiazole rings is 1. The van der Waals surface area contributed by atoms with Crippen LogP contribution in [0.2, 0.25) is 0 Å². The van der Waals surface area contributed by atoms with E-state index >= 15 is 0 Å². The van der Waals surface area contributed by atoms with Gasteiger partial charge in [0.25, 0.3) is 0 Å². The minimum absolute atomic E-state index is 0.492. The van der Waals surface area contributed by atoms with Crippen molar-refractivity contribution in [3.8, 4) is 11.3 Å². The molecule has 0 radical (unpaired) electrons. The lowest BCUT2D eigenvalue weighted by molar-refractivity contribution is 0.181. The summed E-state index contributed by atoms with van der Waals surface area (Å²) in [6.07, 6.45) is 3.38. The Balaban J connectivity index is 1.62. The lowest BCUT2D eigenvalue weighted by Crippen LogP contribution is -2.30. The average Bonchev–Trinajstić information content (AvgIpc) is 3.19. The van der Waals surface area contributed by atoms with E-state index in [0.29, 0.717) is 12.0 Å². The van der Waals surface area contributed by atoms with Gasteiger partial charge in [-0.05, 0) is 25.8 Å². The number of nitrogens with zero attached hydrogens (tertiary/aromatic N) is 1. The second-order valence-corrected chi connectivity index (χ2v) is 6.59. The second kappa shape index (κ2) is 7.16. The first-order chi connectivity index (χ1) is 10.3. The summed E-state index contributed by atoms with van der Waals surface area (Å²) in [7, 11) is 2.05. The molecule has 1 fully saturated rings. The number of aromatic nitrogens is 1. The van der Waals surface area contributed by atoms with Crippen LogP contribution in [0.4, 0.5) is 0 Å². The normalized spacial score (nSPS) is 19.8. The lowest BCUT2D eigenvalue weighted by atomic mass is 9.97. The summed E-state index contributed by atoms with van der Waals surface area (Å²) in [4.78, 5) is 4.79. The summed E-state index contributed by atoms with van der Waals surface area (Å²) in [6.45, 7) is 1.85. The summed E-state index contributed by atoms with van der Waals surface area (Å²) >= 11 is 1.76. The number of likely N-dealkylation sites (N-methyl/N-ethyl adjacent to an activating group) is 1.